The van der Waals surface area contributed by atoms with E-state index in [1.54, 1.807) is 0 Å². The molecule has 0 aromatic heterocycles. The lowest BCUT2D eigenvalue weighted by molar-refractivity contribution is -0.140. The Labute approximate surface area is 99.0 Å². The van der Waals surface area contributed by atoms with Crippen LogP contribution in [0.15, 0.2) is 0 Å². The number of carbonyl (C=O) groups excluding carboxylic acids is 1. The van der Waals surface area contributed by atoms with Gasteiger partial charge in [-0.15, -0.1) is 0 Å². The molecular weight excluding hydrogens is 202 g/mol. The smallest absolute Gasteiger partial charge is 0.237 e. The predicted molar refractivity (Wildman–Crippen MR) is 66.4 cm³/mol. The first-order valence-corrected chi connectivity index (χ1v) is 5.84. The number of hydrogen-bond acceptors (Lipinski definition) is 3. The van der Waals surface area contributed by atoms with Crippen molar-refractivity contribution in [2.24, 2.45) is 0 Å². The van der Waals surface area contributed by atoms with Gasteiger partial charge < -0.3 is 15.1 Å². The minimum absolute atomic E-state index is 0.0114. The average Bonchev–Trinajstić information content (AvgIpc) is 2.09. The molecule has 4 heteroatoms. The number of rotatable bonds is 2. The predicted octanol–water partition coefficient (Wildman–Crippen LogP) is 0.537. The van der Waals surface area contributed by atoms with Crippen LogP contribution in [-0.2, 0) is 4.79 Å². The second-order valence-corrected chi connectivity index (χ2v) is 6.27. The number of piperazine rings is 1. The van der Waals surface area contributed by atoms with Crippen molar-refractivity contribution >= 4 is 5.91 Å². The molecule has 0 spiro atoms. The minimum atomic E-state index is -0.0946. The summed E-state index contributed by atoms with van der Waals surface area (Å²) in [5.41, 5.74) is -0.0832. The number of nitrogens with zero attached hydrogens (tertiary/aromatic N) is 2. The van der Waals surface area contributed by atoms with Crippen LogP contribution < -0.4 is 5.32 Å². The van der Waals surface area contributed by atoms with E-state index in [4.69, 9.17) is 0 Å². The summed E-state index contributed by atoms with van der Waals surface area (Å²) in [6.07, 6.45) is 0. The van der Waals surface area contributed by atoms with Crippen molar-refractivity contribution in [2.75, 3.05) is 33.7 Å². The molecule has 1 aliphatic heterocycles. The Morgan fingerprint density at radius 2 is 1.88 bits per heavy atom. The van der Waals surface area contributed by atoms with Crippen LogP contribution in [0, 0.1) is 0 Å². The van der Waals surface area contributed by atoms with E-state index in [0.717, 1.165) is 13.1 Å². The van der Waals surface area contributed by atoms with E-state index in [-0.39, 0.29) is 17.0 Å². The van der Waals surface area contributed by atoms with Gasteiger partial charge in [0, 0.05) is 24.2 Å². The first-order valence-electron chi connectivity index (χ1n) is 5.84. The van der Waals surface area contributed by atoms with Gasteiger partial charge in [0.2, 0.25) is 5.91 Å². The maximum Gasteiger partial charge on any atom is 0.237 e. The zero-order valence-electron chi connectivity index (χ0n) is 11.4. The molecule has 1 N–H and O–H groups in total. The Morgan fingerprint density at radius 1 is 1.31 bits per heavy atom. The lowest BCUT2D eigenvalue weighted by Gasteiger charge is -2.49. The van der Waals surface area contributed by atoms with E-state index in [2.05, 4.69) is 33.0 Å². The van der Waals surface area contributed by atoms with E-state index in [1.807, 2.05) is 23.9 Å². The third-order valence-corrected chi connectivity index (χ3v) is 3.04. The van der Waals surface area contributed by atoms with E-state index in [0.29, 0.717) is 6.54 Å². The maximum absolute atomic E-state index is 12.2. The zero-order valence-corrected chi connectivity index (χ0v) is 11.4. The fourth-order valence-electron chi connectivity index (χ4n) is 2.00. The molecule has 0 radical (unpaired) electrons. The van der Waals surface area contributed by atoms with Crippen molar-refractivity contribution in [1.29, 1.82) is 0 Å². The quantitative estimate of drug-likeness (QED) is 0.748. The van der Waals surface area contributed by atoms with Crippen molar-refractivity contribution < 1.29 is 4.79 Å². The summed E-state index contributed by atoms with van der Waals surface area (Å²) >= 11 is 0. The van der Waals surface area contributed by atoms with Gasteiger partial charge in [-0.3, -0.25) is 4.79 Å². The molecule has 0 atom stereocenters. The molecule has 0 bridgehead atoms. The van der Waals surface area contributed by atoms with Gasteiger partial charge in [0.05, 0.1) is 6.54 Å². The highest BCUT2D eigenvalue weighted by atomic mass is 16.2. The third-order valence-electron chi connectivity index (χ3n) is 3.04. The normalized spacial score (nSPS) is 23.6. The molecule has 16 heavy (non-hydrogen) atoms. The van der Waals surface area contributed by atoms with Crippen LogP contribution in [0.5, 0.6) is 0 Å². The van der Waals surface area contributed by atoms with Gasteiger partial charge in [-0.05, 0) is 41.8 Å². The topological polar surface area (TPSA) is 35.6 Å². The summed E-state index contributed by atoms with van der Waals surface area (Å²) in [5, 5.41) is 3.48. The Balaban J connectivity index is 2.77. The Bertz CT molecular complexity index is 271. The second-order valence-electron chi connectivity index (χ2n) is 6.27. The van der Waals surface area contributed by atoms with Crippen molar-refractivity contribution in [3.8, 4) is 0 Å². The van der Waals surface area contributed by atoms with Crippen molar-refractivity contribution in [2.45, 2.75) is 38.8 Å². The fraction of sp³-hybridized carbons (Fsp3) is 0.917. The summed E-state index contributed by atoms with van der Waals surface area (Å²) in [6.45, 7) is 10.6. The lowest BCUT2D eigenvalue weighted by atomic mass is 9.91. The lowest BCUT2D eigenvalue weighted by Crippen LogP contribution is -2.68. The molecule has 1 rings (SSSR count). The summed E-state index contributed by atoms with van der Waals surface area (Å²) in [4.78, 5) is 16.1. The highest BCUT2D eigenvalue weighted by molar-refractivity contribution is 5.79. The first-order chi connectivity index (χ1) is 7.14. The molecule has 94 valence electrons. The van der Waals surface area contributed by atoms with E-state index in [1.165, 1.54) is 0 Å². The standard InChI is InChI=1S/C12H25N3O/c1-11(2)9-15(10(16)7-14(5)6)12(3,4)8-13-11/h13H,7-9H2,1-6H3. The zero-order chi connectivity index (χ0) is 12.6. The first kappa shape index (κ1) is 13.5. The maximum atomic E-state index is 12.2. The SMILES string of the molecule is CN(C)CC(=O)N1CC(C)(C)NCC1(C)C. The molecular formula is C12H25N3O. The van der Waals surface area contributed by atoms with Crippen molar-refractivity contribution in [3.63, 3.8) is 0 Å². The van der Waals surface area contributed by atoms with Crippen LogP contribution in [0.2, 0.25) is 0 Å². The van der Waals surface area contributed by atoms with Crippen molar-refractivity contribution in [3.05, 3.63) is 0 Å². The monoisotopic (exact) mass is 227 g/mol. The molecule has 1 fully saturated rings. The number of hydrogen-bond donors (Lipinski definition) is 1. The Hall–Kier alpha value is -0.610. The molecule has 0 aromatic carbocycles. The largest absolute Gasteiger partial charge is 0.333 e. The number of nitrogens with one attached hydrogen (secondary N) is 1. The third kappa shape index (κ3) is 3.19. The van der Waals surface area contributed by atoms with Gasteiger partial charge >= 0.3 is 0 Å². The van der Waals surface area contributed by atoms with Gasteiger partial charge in [-0.1, -0.05) is 0 Å². The molecule has 0 aromatic rings. The number of carbonyl (C=O) groups is 1. The summed E-state index contributed by atoms with van der Waals surface area (Å²) < 4.78 is 0. The Kier molecular flexibility index (Phi) is 3.65. The van der Waals surface area contributed by atoms with Crippen LogP contribution in [0.4, 0.5) is 0 Å². The summed E-state index contributed by atoms with van der Waals surface area (Å²) in [6, 6.07) is 0. The molecule has 4 nitrogen and oxygen atoms in total. The molecule has 1 amide bonds. The van der Waals surface area contributed by atoms with Gasteiger partial charge in [-0.2, -0.15) is 0 Å². The average molecular weight is 227 g/mol. The van der Waals surface area contributed by atoms with Gasteiger partial charge in [-0.25, -0.2) is 0 Å². The minimum Gasteiger partial charge on any atom is -0.333 e. The molecule has 0 saturated carbocycles. The van der Waals surface area contributed by atoms with Crippen LogP contribution >= 0.6 is 0 Å². The van der Waals surface area contributed by atoms with Crippen LogP contribution in [-0.4, -0.2) is 60.5 Å². The Morgan fingerprint density at radius 3 is 2.38 bits per heavy atom. The van der Waals surface area contributed by atoms with Crippen molar-refractivity contribution in [1.82, 2.24) is 15.1 Å². The van der Waals surface area contributed by atoms with Gasteiger partial charge in [0.25, 0.3) is 0 Å². The molecule has 0 aliphatic carbocycles. The second kappa shape index (κ2) is 4.34. The molecule has 1 aliphatic rings. The number of likely N-dealkylation sites (N-methyl/N-ethyl adjacent to an activating group) is 1. The van der Waals surface area contributed by atoms with E-state index >= 15 is 0 Å². The highest BCUT2D eigenvalue weighted by Gasteiger charge is 2.39. The van der Waals surface area contributed by atoms with Crippen LogP contribution in [0.25, 0.3) is 0 Å². The highest BCUT2D eigenvalue weighted by Crippen LogP contribution is 2.23. The molecule has 1 heterocycles. The number of amides is 1. The fourth-order valence-corrected chi connectivity index (χ4v) is 2.00. The molecule has 0 unspecified atom stereocenters. The molecule has 1 saturated heterocycles. The van der Waals surface area contributed by atoms with E-state index < -0.39 is 0 Å². The summed E-state index contributed by atoms with van der Waals surface area (Å²) in [7, 11) is 3.86. The van der Waals surface area contributed by atoms with Crippen LogP contribution in [0.3, 0.4) is 0 Å². The van der Waals surface area contributed by atoms with Crippen LogP contribution in [0.1, 0.15) is 27.7 Å². The van der Waals surface area contributed by atoms with Gasteiger partial charge in [0.1, 0.15) is 0 Å². The summed E-state index contributed by atoms with van der Waals surface area (Å²) in [5.74, 6) is 0.213. The van der Waals surface area contributed by atoms with Gasteiger partial charge in [0.15, 0.2) is 0 Å². The van der Waals surface area contributed by atoms with E-state index in [9.17, 15) is 4.79 Å².